The van der Waals surface area contributed by atoms with Gasteiger partial charge in [0.2, 0.25) is 0 Å². The van der Waals surface area contributed by atoms with E-state index in [1.54, 1.807) is 0 Å². The molecule has 1 aromatic rings. The monoisotopic (exact) mass is 239 g/mol. The van der Waals surface area contributed by atoms with Crippen molar-refractivity contribution in [2.75, 3.05) is 32.8 Å². The maximum atomic E-state index is 12.6. The van der Waals surface area contributed by atoms with Crippen LogP contribution in [-0.2, 0) is 9.53 Å². The van der Waals surface area contributed by atoms with E-state index in [9.17, 15) is 9.18 Å². The molecular weight excluding hydrogens is 225 g/mol. The number of morpholine rings is 1. The van der Waals surface area contributed by atoms with Gasteiger partial charge < -0.3 is 9.47 Å². The second kappa shape index (κ2) is 5.75. The largest absolute Gasteiger partial charge is 0.426 e. The Labute approximate surface area is 98.9 Å². The van der Waals surface area contributed by atoms with E-state index in [1.165, 1.54) is 24.3 Å². The Morgan fingerprint density at radius 3 is 2.59 bits per heavy atom. The molecule has 0 saturated carbocycles. The number of esters is 1. The van der Waals surface area contributed by atoms with Crippen molar-refractivity contribution in [2.45, 2.75) is 0 Å². The van der Waals surface area contributed by atoms with Crippen LogP contribution in [0.5, 0.6) is 5.75 Å². The molecule has 92 valence electrons. The number of nitrogens with zero attached hydrogens (tertiary/aromatic N) is 1. The number of hydrogen-bond donors (Lipinski definition) is 0. The molecule has 0 atom stereocenters. The smallest absolute Gasteiger partial charge is 0.325 e. The molecule has 17 heavy (non-hydrogen) atoms. The molecule has 1 aliphatic rings. The van der Waals surface area contributed by atoms with E-state index in [4.69, 9.17) is 9.47 Å². The third kappa shape index (κ3) is 3.80. The zero-order valence-corrected chi connectivity index (χ0v) is 9.39. The standard InChI is InChI=1S/C12H14FNO3/c13-10-1-3-11(4-2-10)17-12(15)9-14-5-7-16-8-6-14/h1-4H,5-9H2. The van der Waals surface area contributed by atoms with E-state index < -0.39 is 0 Å². The van der Waals surface area contributed by atoms with Gasteiger partial charge in [-0.2, -0.15) is 0 Å². The predicted molar refractivity (Wildman–Crippen MR) is 59.3 cm³/mol. The van der Waals surface area contributed by atoms with Crippen LogP contribution < -0.4 is 4.74 Å². The quantitative estimate of drug-likeness (QED) is 0.584. The zero-order chi connectivity index (χ0) is 12.1. The molecule has 0 N–H and O–H groups in total. The van der Waals surface area contributed by atoms with Crippen LogP contribution >= 0.6 is 0 Å². The van der Waals surface area contributed by atoms with Gasteiger partial charge in [-0.05, 0) is 24.3 Å². The molecule has 1 fully saturated rings. The number of carbonyl (C=O) groups excluding carboxylic acids is 1. The average Bonchev–Trinajstić information content (AvgIpc) is 2.33. The highest BCUT2D eigenvalue weighted by Gasteiger charge is 2.15. The highest BCUT2D eigenvalue weighted by molar-refractivity contribution is 5.74. The molecule has 0 aliphatic carbocycles. The van der Waals surface area contributed by atoms with Crippen LogP contribution in [-0.4, -0.2) is 43.7 Å². The third-order valence-electron chi connectivity index (χ3n) is 2.50. The van der Waals surface area contributed by atoms with E-state index in [1.807, 2.05) is 4.90 Å². The van der Waals surface area contributed by atoms with Crippen molar-refractivity contribution >= 4 is 5.97 Å². The summed E-state index contributed by atoms with van der Waals surface area (Å²) in [7, 11) is 0. The van der Waals surface area contributed by atoms with Crippen LogP contribution in [0.2, 0.25) is 0 Å². The molecule has 4 nitrogen and oxygen atoms in total. The van der Waals surface area contributed by atoms with Crippen molar-refractivity contribution in [1.82, 2.24) is 4.90 Å². The Bertz CT molecular complexity index is 374. The number of rotatable bonds is 3. The van der Waals surface area contributed by atoms with E-state index in [2.05, 4.69) is 0 Å². The average molecular weight is 239 g/mol. The highest BCUT2D eigenvalue weighted by atomic mass is 19.1. The summed E-state index contributed by atoms with van der Waals surface area (Å²) in [6.07, 6.45) is 0. The van der Waals surface area contributed by atoms with E-state index in [0.29, 0.717) is 19.0 Å². The van der Waals surface area contributed by atoms with Crippen molar-refractivity contribution in [3.63, 3.8) is 0 Å². The van der Waals surface area contributed by atoms with E-state index >= 15 is 0 Å². The molecule has 1 aromatic carbocycles. The summed E-state index contributed by atoms with van der Waals surface area (Å²) in [4.78, 5) is 13.5. The summed E-state index contributed by atoms with van der Waals surface area (Å²) in [5.74, 6) is -0.318. The fourth-order valence-electron chi connectivity index (χ4n) is 1.61. The van der Waals surface area contributed by atoms with Crippen LogP contribution in [0.4, 0.5) is 4.39 Å². The van der Waals surface area contributed by atoms with Gasteiger partial charge in [0.05, 0.1) is 19.8 Å². The first-order chi connectivity index (χ1) is 8.24. The number of benzene rings is 1. The van der Waals surface area contributed by atoms with E-state index in [-0.39, 0.29) is 18.3 Å². The fourth-order valence-corrected chi connectivity index (χ4v) is 1.61. The second-order valence-corrected chi connectivity index (χ2v) is 3.82. The number of carbonyl (C=O) groups is 1. The molecule has 0 amide bonds. The van der Waals surface area contributed by atoms with Gasteiger partial charge in [-0.3, -0.25) is 9.69 Å². The SMILES string of the molecule is O=C(CN1CCOCC1)Oc1ccc(F)cc1. The Hall–Kier alpha value is -1.46. The Morgan fingerprint density at radius 1 is 1.29 bits per heavy atom. The molecule has 1 saturated heterocycles. The molecule has 2 rings (SSSR count). The fraction of sp³-hybridized carbons (Fsp3) is 0.417. The lowest BCUT2D eigenvalue weighted by Crippen LogP contribution is -2.40. The highest BCUT2D eigenvalue weighted by Crippen LogP contribution is 2.11. The molecule has 0 aromatic heterocycles. The Kier molecular flexibility index (Phi) is 4.06. The zero-order valence-electron chi connectivity index (χ0n) is 9.39. The molecule has 1 aliphatic heterocycles. The van der Waals surface area contributed by atoms with Gasteiger partial charge in [-0.25, -0.2) is 4.39 Å². The predicted octanol–water partition coefficient (Wildman–Crippen LogP) is 1.06. The molecule has 0 bridgehead atoms. The van der Waals surface area contributed by atoms with Gasteiger partial charge in [0.1, 0.15) is 11.6 Å². The molecular formula is C12H14FNO3. The van der Waals surface area contributed by atoms with Crippen LogP contribution in [0.1, 0.15) is 0 Å². The van der Waals surface area contributed by atoms with Gasteiger partial charge in [-0.1, -0.05) is 0 Å². The lowest BCUT2D eigenvalue weighted by Gasteiger charge is -2.25. The van der Waals surface area contributed by atoms with Crippen LogP contribution in [0, 0.1) is 5.82 Å². The van der Waals surface area contributed by atoms with Crippen molar-refractivity contribution in [1.29, 1.82) is 0 Å². The minimum Gasteiger partial charge on any atom is -0.426 e. The van der Waals surface area contributed by atoms with Crippen molar-refractivity contribution < 1.29 is 18.7 Å². The Morgan fingerprint density at radius 2 is 1.94 bits per heavy atom. The normalized spacial score (nSPS) is 16.8. The van der Waals surface area contributed by atoms with E-state index in [0.717, 1.165) is 13.1 Å². The van der Waals surface area contributed by atoms with Crippen molar-refractivity contribution in [2.24, 2.45) is 0 Å². The van der Waals surface area contributed by atoms with Crippen molar-refractivity contribution in [3.05, 3.63) is 30.1 Å². The van der Waals surface area contributed by atoms with Crippen LogP contribution in [0.15, 0.2) is 24.3 Å². The number of hydrogen-bond acceptors (Lipinski definition) is 4. The maximum absolute atomic E-state index is 12.6. The minimum atomic E-state index is -0.349. The van der Waals surface area contributed by atoms with Gasteiger partial charge in [0.25, 0.3) is 0 Å². The minimum absolute atomic E-state index is 0.237. The summed E-state index contributed by atoms with van der Waals surface area (Å²) in [6, 6.07) is 5.40. The number of ether oxygens (including phenoxy) is 2. The molecule has 0 unspecified atom stereocenters. The van der Waals surface area contributed by atoms with Crippen molar-refractivity contribution in [3.8, 4) is 5.75 Å². The van der Waals surface area contributed by atoms with Gasteiger partial charge >= 0.3 is 5.97 Å². The molecule has 5 heteroatoms. The summed E-state index contributed by atoms with van der Waals surface area (Å²) in [5, 5.41) is 0. The lowest BCUT2D eigenvalue weighted by molar-refractivity contribution is -0.136. The lowest BCUT2D eigenvalue weighted by atomic mass is 10.3. The van der Waals surface area contributed by atoms with Gasteiger partial charge in [0, 0.05) is 13.1 Å². The molecule has 1 heterocycles. The topological polar surface area (TPSA) is 38.8 Å². The number of halogens is 1. The first-order valence-corrected chi connectivity index (χ1v) is 5.50. The molecule has 0 radical (unpaired) electrons. The summed E-state index contributed by atoms with van der Waals surface area (Å²) in [6.45, 7) is 2.99. The van der Waals surface area contributed by atoms with Crippen LogP contribution in [0.3, 0.4) is 0 Å². The first-order valence-electron chi connectivity index (χ1n) is 5.50. The second-order valence-electron chi connectivity index (χ2n) is 3.82. The first kappa shape index (κ1) is 12.0. The third-order valence-corrected chi connectivity index (χ3v) is 2.50. The van der Waals surface area contributed by atoms with Gasteiger partial charge in [-0.15, -0.1) is 0 Å². The Balaban J connectivity index is 1.82. The summed E-state index contributed by atoms with van der Waals surface area (Å²) >= 11 is 0. The molecule has 0 spiro atoms. The maximum Gasteiger partial charge on any atom is 0.325 e. The summed E-state index contributed by atoms with van der Waals surface area (Å²) < 4.78 is 22.9. The van der Waals surface area contributed by atoms with Gasteiger partial charge in [0.15, 0.2) is 0 Å². The van der Waals surface area contributed by atoms with Crippen LogP contribution in [0.25, 0.3) is 0 Å². The summed E-state index contributed by atoms with van der Waals surface area (Å²) in [5.41, 5.74) is 0.